The van der Waals surface area contributed by atoms with Gasteiger partial charge in [0.2, 0.25) is 0 Å². The van der Waals surface area contributed by atoms with Gasteiger partial charge in [-0.1, -0.05) is 24.3 Å². The van der Waals surface area contributed by atoms with Crippen molar-refractivity contribution in [2.75, 3.05) is 40.1 Å². The van der Waals surface area contributed by atoms with Gasteiger partial charge in [0.05, 0.1) is 44.9 Å². The number of hydrogen-bond donors (Lipinski definition) is 0. The number of ether oxygens (including phenoxy) is 3. The second kappa shape index (κ2) is 7.95. The third-order valence-corrected chi connectivity index (χ3v) is 3.38. The third-order valence-electron chi connectivity index (χ3n) is 3.38. The number of hydrazone groups is 1. The summed E-state index contributed by atoms with van der Waals surface area (Å²) in [6, 6.07) is 0.0698. The Bertz CT molecular complexity index is 445. The number of rotatable bonds is 8. The number of fused-ring (bicyclic) bond motifs is 1. The molecule has 6 nitrogen and oxygen atoms in total. The molecule has 2 rings (SSSR count). The minimum Gasteiger partial charge on any atom is -0.461 e. The summed E-state index contributed by atoms with van der Waals surface area (Å²) < 4.78 is 15.5. The lowest BCUT2D eigenvalue weighted by atomic mass is 9.91. The van der Waals surface area contributed by atoms with E-state index < -0.39 is 0 Å². The summed E-state index contributed by atoms with van der Waals surface area (Å²) in [5.74, 6) is -0.372. The number of esters is 1. The van der Waals surface area contributed by atoms with Crippen molar-refractivity contribution in [1.29, 1.82) is 0 Å². The molecule has 0 aromatic rings. The molecule has 0 bridgehead atoms. The van der Waals surface area contributed by atoms with Crippen LogP contribution < -0.4 is 0 Å². The minimum atomic E-state index is -0.338. The zero-order chi connectivity index (χ0) is 15.1. The largest absolute Gasteiger partial charge is 0.461 e. The van der Waals surface area contributed by atoms with Crippen molar-refractivity contribution < 1.29 is 19.0 Å². The Kier molecular flexibility index (Phi) is 5.95. The van der Waals surface area contributed by atoms with Crippen LogP contribution >= 0.6 is 0 Å². The number of nitrogens with zero attached hydrogens (tertiary/aromatic N) is 2. The number of methoxy groups -OCH3 is 1. The van der Waals surface area contributed by atoms with E-state index in [1.165, 1.54) is 0 Å². The standard InChI is InChI=1S/C15H22N2O4/c1-3-21-15(18)14-12-6-4-5-7-13(12)17(16-14)8-9-20-11-10-19-2/h4-7,12-13H,3,8-11H2,1-2H3. The first-order valence-electron chi connectivity index (χ1n) is 7.22. The van der Waals surface area contributed by atoms with E-state index in [0.29, 0.717) is 38.7 Å². The lowest BCUT2D eigenvalue weighted by Crippen LogP contribution is -2.35. The summed E-state index contributed by atoms with van der Waals surface area (Å²) in [5.41, 5.74) is 0.472. The Hall–Kier alpha value is -1.66. The van der Waals surface area contributed by atoms with Crippen molar-refractivity contribution in [2.45, 2.75) is 13.0 Å². The molecule has 2 unspecified atom stereocenters. The van der Waals surface area contributed by atoms with Gasteiger partial charge < -0.3 is 14.2 Å². The van der Waals surface area contributed by atoms with Gasteiger partial charge in [0.25, 0.3) is 0 Å². The van der Waals surface area contributed by atoms with Crippen molar-refractivity contribution in [1.82, 2.24) is 5.01 Å². The Balaban J connectivity index is 1.94. The SMILES string of the molecule is CCOC(=O)C1=NN(CCOCCOC)C2C=CC=CC12. The van der Waals surface area contributed by atoms with E-state index >= 15 is 0 Å². The summed E-state index contributed by atoms with van der Waals surface area (Å²) in [7, 11) is 1.64. The zero-order valence-corrected chi connectivity index (χ0v) is 12.5. The molecule has 0 fully saturated rings. The van der Waals surface area contributed by atoms with Gasteiger partial charge in [-0.3, -0.25) is 5.01 Å². The average Bonchev–Trinajstić information content (AvgIpc) is 2.87. The molecule has 0 spiro atoms. The van der Waals surface area contributed by atoms with E-state index in [1.54, 1.807) is 14.0 Å². The van der Waals surface area contributed by atoms with E-state index in [-0.39, 0.29) is 17.9 Å². The van der Waals surface area contributed by atoms with Crippen molar-refractivity contribution >= 4 is 11.7 Å². The van der Waals surface area contributed by atoms with E-state index in [0.717, 1.165) is 0 Å². The highest BCUT2D eigenvalue weighted by Crippen LogP contribution is 2.27. The maximum absolute atomic E-state index is 12.0. The van der Waals surface area contributed by atoms with E-state index in [2.05, 4.69) is 11.2 Å². The summed E-state index contributed by atoms with van der Waals surface area (Å²) in [6.07, 6.45) is 7.96. The van der Waals surface area contributed by atoms with E-state index in [9.17, 15) is 4.79 Å². The molecule has 0 aromatic carbocycles. The van der Waals surface area contributed by atoms with Crippen molar-refractivity contribution in [3.63, 3.8) is 0 Å². The number of hydrogen-bond acceptors (Lipinski definition) is 6. The van der Waals surface area contributed by atoms with Gasteiger partial charge in [0, 0.05) is 7.11 Å². The lowest BCUT2D eigenvalue weighted by Gasteiger charge is -2.25. The first-order chi connectivity index (χ1) is 10.3. The van der Waals surface area contributed by atoms with Crippen LogP contribution in [0.1, 0.15) is 6.92 Å². The van der Waals surface area contributed by atoms with Gasteiger partial charge in [0.15, 0.2) is 5.71 Å². The van der Waals surface area contributed by atoms with Crippen molar-refractivity contribution in [2.24, 2.45) is 11.0 Å². The van der Waals surface area contributed by atoms with Crippen LogP contribution in [0.25, 0.3) is 0 Å². The monoisotopic (exact) mass is 294 g/mol. The molecule has 0 N–H and O–H groups in total. The van der Waals surface area contributed by atoms with Crippen LogP contribution in [0.15, 0.2) is 29.4 Å². The molecule has 0 saturated heterocycles. The lowest BCUT2D eigenvalue weighted by molar-refractivity contribution is -0.135. The predicted octanol–water partition coefficient (Wildman–Crippen LogP) is 0.995. The third kappa shape index (κ3) is 3.92. The Morgan fingerprint density at radius 1 is 1.29 bits per heavy atom. The Morgan fingerprint density at radius 3 is 2.86 bits per heavy atom. The second-order valence-electron chi connectivity index (χ2n) is 4.76. The minimum absolute atomic E-state index is 0.0342. The molecule has 6 heteroatoms. The summed E-state index contributed by atoms with van der Waals surface area (Å²) in [4.78, 5) is 12.0. The summed E-state index contributed by atoms with van der Waals surface area (Å²) >= 11 is 0. The molecule has 2 aliphatic rings. The Labute approximate surface area is 125 Å². The van der Waals surface area contributed by atoms with Crippen molar-refractivity contribution in [3.8, 4) is 0 Å². The first-order valence-corrected chi connectivity index (χ1v) is 7.22. The highest BCUT2D eigenvalue weighted by Gasteiger charge is 2.38. The van der Waals surface area contributed by atoms with Gasteiger partial charge in [0.1, 0.15) is 0 Å². The molecule has 0 amide bonds. The van der Waals surface area contributed by atoms with Crippen LogP contribution in [0.2, 0.25) is 0 Å². The maximum Gasteiger partial charge on any atom is 0.355 e. The fraction of sp³-hybridized carbons (Fsp3) is 0.600. The molecule has 0 saturated carbocycles. The van der Waals surface area contributed by atoms with Crippen LogP contribution in [0.5, 0.6) is 0 Å². The maximum atomic E-state index is 12.0. The normalized spacial score (nSPS) is 23.1. The van der Waals surface area contributed by atoms with E-state index in [1.807, 2.05) is 23.2 Å². The second-order valence-corrected chi connectivity index (χ2v) is 4.76. The fourth-order valence-electron chi connectivity index (χ4n) is 2.39. The highest BCUT2D eigenvalue weighted by atomic mass is 16.5. The van der Waals surface area contributed by atoms with Gasteiger partial charge in [-0.2, -0.15) is 5.10 Å². The molecule has 0 radical (unpaired) electrons. The number of allylic oxidation sites excluding steroid dienone is 2. The average molecular weight is 294 g/mol. The summed E-state index contributed by atoms with van der Waals surface area (Å²) in [5, 5.41) is 6.32. The molecule has 1 aliphatic heterocycles. The van der Waals surface area contributed by atoms with Crippen molar-refractivity contribution in [3.05, 3.63) is 24.3 Å². The predicted molar refractivity (Wildman–Crippen MR) is 79.0 cm³/mol. The van der Waals surface area contributed by atoms with Gasteiger partial charge in [-0.15, -0.1) is 0 Å². The van der Waals surface area contributed by atoms with Crippen LogP contribution in [0.3, 0.4) is 0 Å². The van der Waals surface area contributed by atoms with Crippen LogP contribution in [-0.4, -0.2) is 62.8 Å². The zero-order valence-electron chi connectivity index (χ0n) is 12.5. The molecule has 1 heterocycles. The van der Waals surface area contributed by atoms with Gasteiger partial charge in [-0.05, 0) is 6.92 Å². The first kappa shape index (κ1) is 15.7. The van der Waals surface area contributed by atoms with Crippen LogP contribution in [0, 0.1) is 5.92 Å². The molecule has 21 heavy (non-hydrogen) atoms. The number of carbonyl (C=O) groups excluding carboxylic acids is 1. The highest BCUT2D eigenvalue weighted by molar-refractivity contribution is 6.38. The van der Waals surface area contributed by atoms with Gasteiger partial charge >= 0.3 is 5.97 Å². The molecule has 2 atom stereocenters. The van der Waals surface area contributed by atoms with Crippen LogP contribution in [-0.2, 0) is 19.0 Å². The molecule has 116 valence electrons. The molecule has 1 aliphatic carbocycles. The molecular formula is C15H22N2O4. The summed E-state index contributed by atoms with van der Waals surface area (Å²) in [6.45, 7) is 4.46. The fourth-order valence-corrected chi connectivity index (χ4v) is 2.39. The quantitative estimate of drug-likeness (QED) is 0.493. The number of carbonyl (C=O) groups is 1. The topological polar surface area (TPSA) is 60.4 Å². The smallest absolute Gasteiger partial charge is 0.355 e. The Morgan fingerprint density at radius 2 is 2.10 bits per heavy atom. The van der Waals surface area contributed by atoms with Crippen LogP contribution in [0.4, 0.5) is 0 Å². The molecular weight excluding hydrogens is 272 g/mol. The van der Waals surface area contributed by atoms with E-state index in [4.69, 9.17) is 14.2 Å². The molecule has 0 aromatic heterocycles. The van der Waals surface area contributed by atoms with Gasteiger partial charge in [-0.25, -0.2) is 4.79 Å².